The van der Waals surface area contributed by atoms with Crippen molar-refractivity contribution >= 4 is 17.7 Å². The number of benzene rings is 2. The van der Waals surface area contributed by atoms with Gasteiger partial charge in [-0.1, -0.05) is 36.4 Å². The molecule has 1 fully saturated rings. The quantitative estimate of drug-likeness (QED) is 0.802. The number of rotatable bonds is 5. The molecular formula is C23H24N3O3S+. The van der Waals surface area contributed by atoms with E-state index in [1.165, 1.54) is 10.5 Å². The number of fused-ring (bicyclic) bond motifs is 1. The Bertz CT molecular complexity index is 1020. The number of hydrogen-bond acceptors (Lipinski definition) is 5. The highest BCUT2D eigenvalue weighted by Crippen LogP contribution is 2.42. The third-order valence-corrected chi connectivity index (χ3v) is 6.79. The summed E-state index contributed by atoms with van der Waals surface area (Å²) in [7, 11) is 3.17. The summed E-state index contributed by atoms with van der Waals surface area (Å²) in [6.45, 7) is 1.44. The van der Waals surface area contributed by atoms with Crippen molar-refractivity contribution in [2.24, 2.45) is 0 Å². The molecule has 154 valence electrons. The Kier molecular flexibility index (Phi) is 5.98. The molecule has 2 aliphatic heterocycles. The maximum Gasteiger partial charge on any atom is 0.232 e. The third kappa shape index (κ3) is 3.89. The number of methoxy groups -OCH3 is 2. The van der Waals surface area contributed by atoms with Crippen molar-refractivity contribution in [2.45, 2.75) is 18.9 Å². The smallest absolute Gasteiger partial charge is 0.232 e. The van der Waals surface area contributed by atoms with Crippen molar-refractivity contribution < 1.29 is 19.2 Å². The predicted molar refractivity (Wildman–Crippen MR) is 115 cm³/mol. The number of nitriles is 1. The van der Waals surface area contributed by atoms with Crippen molar-refractivity contribution in [3.63, 3.8) is 0 Å². The molecule has 2 aromatic carbocycles. The molecule has 4 rings (SSSR count). The molecule has 2 atom stereocenters. The molecule has 2 heterocycles. The number of allylic oxidation sites excluding steroid dienone is 1. The average molecular weight is 423 g/mol. The largest absolute Gasteiger partial charge is 0.493 e. The Morgan fingerprint density at radius 1 is 1.17 bits per heavy atom. The summed E-state index contributed by atoms with van der Waals surface area (Å²) in [4.78, 5) is 16.1. The van der Waals surface area contributed by atoms with Crippen LogP contribution in [0.1, 0.15) is 23.5 Å². The average Bonchev–Trinajstić information content (AvgIpc) is 2.79. The van der Waals surface area contributed by atoms with Crippen LogP contribution in [0, 0.1) is 11.3 Å². The topological polar surface area (TPSA) is 67.0 Å². The Hall–Kier alpha value is -2.95. The van der Waals surface area contributed by atoms with E-state index in [0.29, 0.717) is 23.7 Å². The molecule has 1 unspecified atom stereocenters. The lowest BCUT2D eigenvalue weighted by molar-refractivity contribution is -0.910. The number of thioether (sulfide) groups is 1. The lowest BCUT2D eigenvalue weighted by Gasteiger charge is -2.39. The highest BCUT2D eigenvalue weighted by atomic mass is 32.2. The summed E-state index contributed by atoms with van der Waals surface area (Å²) in [5, 5.41) is 10.8. The first kappa shape index (κ1) is 20.3. The van der Waals surface area contributed by atoms with Crippen LogP contribution in [0.3, 0.4) is 0 Å². The molecule has 7 heteroatoms. The van der Waals surface area contributed by atoms with Crippen LogP contribution in [0.4, 0.5) is 0 Å². The molecule has 1 saturated heterocycles. The van der Waals surface area contributed by atoms with E-state index in [1.54, 1.807) is 30.9 Å². The molecule has 0 spiro atoms. The third-order valence-electron chi connectivity index (χ3n) is 5.53. The highest BCUT2D eigenvalue weighted by Gasteiger charge is 2.40. The van der Waals surface area contributed by atoms with Gasteiger partial charge in [-0.05, 0) is 29.5 Å². The highest BCUT2D eigenvalue weighted by molar-refractivity contribution is 8.02. The number of nitrogens with zero attached hydrogens (tertiary/aromatic N) is 2. The fourth-order valence-corrected chi connectivity index (χ4v) is 5.22. The molecule has 1 amide bonds. The van der Waals surface area contributed by atoms with Crippen LogP contribution >= 0.6 is 11.8 Å². The van der Waals surface area contributed by atoms with E-state index < -0.39 is 0 Å². The second-order valence-corrected chi connectivity index (χ2v) is 8.35. The molecule has 2 aliphatic rings. The summed E-state index contributed by atoms with van der Waals surface area (Å²) in [5.74, 6) is 1.83. The van der Waals surface area contributed by atoms with Crippen LogP contribution in [-0.4, -0.2) is 37.6 Å². The standard InChI is InChI=1S/C23H23N3O3S/c1-28-20-9-8-17(10-21(20)29-2)18-11-22(27)26-14-25(13-16-6-4-3-5-7-16)15-30-23(26)19(18)12-24/h3-10,18H,11,13-15H2,1-2H3/p+1/t18-/m0/s1. The Balaban J connectivity index is 1.61. The summed E-state index contributed by atoms with van der Waals surface area (Å²) < 4.78 is 10.7. The summed E-state index contributed by atoms with van der Waals surface area (Å²) >= 11 is 1.60. The first-order valence-electron chi connectivity index (χ1n) is 9.81. The molecule has 0 aromatic heterocycles. The summed E-state index contributed by atoms with van der Waals surface area (Å²) in [5.41, 5.74) is 2.80. The van der Waals surface area contributed by atoms with Crippen LogP contribution in [0.2, 0.25) is 0 Å². The molecule has 2 aromatic rings. The Morgan fingerprint density at radius 2 is 1.93 bits per heavy atom. The first-order valence-corrected chi connectivity index (χ1v) is 10.8. The van der Waals surface area contributed by atoms with Crippen molar-refractivity contribution in [3.05, 3.63) is 70.3 Å². The van der Waals surface area contributed by atoms with Crippen molar-refractivity contribution in [1.82, 2.24) is 4.90 Å². The van der Waals surface area contributed by atoms with Gasteiger partial charge in [0.1, 0.15) is 17.5 Å². The zero-order chi connectivity index (χ0) is 21.1. The Morgan fingerprint density at radius 3 is 2.63 bits per heavy atom. The first-order chi connectivity index (χ1) is 14.6. The second kappa shape index (κ2) is 8.82. The van der Waals surface area contributed by atoms with Gasteiger partial charge in [0.05, 0.1) is 25.9 Å². The molecule has 0 saturated carbocycles. The van der Waals surface area contributed by atoms with Gasteiger partial charge in [-0.25, -0.2) is 0 Å². The predicted octanol–water partition coefficient (Wildman–Crippen LogP) is 2.50. The Labute approximate surface area is 180 Å². The maximum absolute atomic E-state index is 13.0. The lowest BCUT2D eigenvalue weighted by Crippen LogP contribution is -3.12. The van der Waals surface area contributed by atoms with Gasteiger partial charge in [0.15, 0.2) is 18.2 Å². The number of ether oxygens (including phenoxy) is 2. The van der Waals surface area contributed by atoms with Crippen LogP contribution in [0.5, 0.6) is 11.5 Å². The van der Waals surface area contributed by atoms with E-state index in [4.69, 9.17) is 9.47 Å². The fraction of sp³-hybridized carbons (Fsp3) is 0.304. The van der Waals surface area contributed by atoms with Gasteiger partial charge in [0, 0.05) is 17.9 Å². The normalized spacial score (nSPS) is 21.1. The fourth-order valence-electron chi connectivity index (χ4n) is 4.02. The number of quaternary nitrogens is 1. The minimum Gasteiger partial charge on any atom is -0.493 e. The van der Waals surface area contributed by atoms with Crippen LogP contribution in [-0.2, 0) is 11.3 Å². The van der Waals surface area contributed by atoms with Gasteiger partial charge < -0.3 is 14.4 Å². The van der Waals surface area contributed by atoms with E-state index >= 15 is 0 Å². The zero-order valence-corrected chi connectivity index (χ0v) is 17.9. The van der Waals surface area contributed by atoms with Gasteiger partial charge in [-0.15, -0.1) is 0 Å². The molecule has 0 radical (unpaired) electrons. The van der Waals surface area contributed by atoms with E-state index in [2.05, 4.69) is 18.2 Å². The molecule has 30 heavy (non-hydrogen) atoms. The van der Waals surface area contributed by atoms with Gasteiger partial charge in [0.25, 0.3) is 0 Å². The number of carbonyl (C=O) groups is 1. The SMILES string of the molecule is COc1ccc([C@@H]2CC(=O)N3C[NH+](Cc4ccccc4)CSC3=C2C#N)cc1OC. The number of hydrogen-bond donors (Lipinski definition) is 1. The number of carbonyl (C=O) groups excluding carboxylic acids is 1. The van der Waals surface area contributed by atoms with E-state index in [9.17, 15) is 10.1 Å². The number of amides is 1. The summed E-state index contributed by atoms with van der Waals surface area (Å²) in [6.07, 6.45) is 0.279. The van der Waals surface area contributed by atoms with Gasteiger partial charge in [-0.3, -0.25) is 9.69 Å². The monoisotopic (exact) mass is 422 g/mol. The van der Waals surface area contributed by atoms with Crippen LogP contribution < -0.4 is 14.4 Å². The van der Waals surface area contributed by atoms with E-state index in [1.807, 2.05) is 36.4 Å². The van der Waals surface area contributed by atoms with Gasteiger partial charge >= 0.3 is 0 Å². The lowest BCUT2D eigenvalue weighted by atomic mass is 9.86. The van der Waals surface area contributed by atoms with E-state index in [-0.39, 0.29) is 18.2 Å². The van der Waals surface area contributed by atoms with E-state index in [0.717, 1.165) is 23.0 Å². The van der Waals surface area contributed by atoms with Gasteiger partial charge in [0.2, 0.25) is 5.91 Å². The van der Waals surface area contributed by atoms with Gasteiger partial charge in [-0.2, -0.15) is 5.26 Å². The molecule has 6 nitrogen and oxygen atoms in total. The van der Waals surface area contributed by atoms with Crippen molar-refractivity contribution in [3.8, 4) is 17.6 Å². The minimum absolute atomic E-state index is 0.0570. The number of nitrogens with one attached hydrogen (secondary N) is 1. The summed E-state index contributed by atoms with van der Waals surface area (Å²) in [6, 6.07) is 18.3. The molecule has 1 N–H and O–H groups in total. The van der Waals surface area contributed by atoms with Crippen molar-refractivity contribution in [1.29, 1.82) is 5.26 Å². The van der Waals surface area contributed by atoms with Crippen LogP contribution in [0.15, 0.2) is 59.1 Å². The maximum atomic E-state index is 13.0. The molecule has 0 bridgehead atoms. The zero-order valence-electron chi connectivity index (χ0n) is 17.1. The van der Waals surface area contributed by atoms with Crippen LogP contribution in [0.25, 0.3) is 0 Å². The molecule has 0 aliphatic carbocycles. The minimum atomic E-state index is -0.267. The second-order valence-electron chi connectivity index (χ2n) is 7.38. The van der Waals surface area contributed by atoms with Crippen molar-refractivity contribution in [2.75, 3.05) is 26.8 Å². The molecular weight excluding hydrogens is 398 g/mol.